The van der Waals surface area contributed by atoms with Gasteiger partial charge < -0.3 is 4.74 Å². The number of benzene rings is 1. The van der Waals surface area contributed by atoms with Crippen molar-refractivity contribution >= 4 is 32.8 Å². The Hall–Kier alpha value is -1.66. The van der Waals surface area contributed by atoms with Crippen LogP contribution in [0.5, 0.6) is 0 Å². The number of unbranched alkanes of at least 4 members (excludes halogenated alkanes) is 1. The summed E-state index contributed by atoms with van der Waals surface area (Å²) in [5.41, 5.74) is 2.76. The normalized spacial score (nSPS) is 11.8. The minimum Gasteiger partial charge on any atom is -0.342 e. The average molecular weight is 387 g/mol. The zero-order chi connectivity index (χ0) is 18.6. The van der Waals surface area contributed by atoms with E-state index >= 15 is 0 Å². The molecule has 1 aromatic heterocycles. The Morgan fingerprint density at radius 2 is 2.16 bits per heavy atom. The second-order valence-corrected chi connectivity index (χ2v) is 7.70. The number of rotatable bonds is 8. The number of hydrogen-bond acceptors (Lipinski definition) is 4. The lowest BCUT2D eigenvalue weighted by Crippen LogP contribution is -2.37. The molecule has 0 saturated heterocycles. The van der Waals surface area contributed by atoms with Crippen LogP contribution in [-0.2, 0) is 28.0 Å². The van der Waals surface area contributed by atoms with E-state index < -0.39 is 10.1 Å². The van der Waals surface area contributed by atoms with Crippen molar-refractivity contribution in [2.24, 2.45) is 0 Å². The molecule has 1 heterocycles. The van der Waals surface area contributed by atoms with Crippen LogP contribution in [0.3, 0.4) is 0 Å². The van der Waals surface area contributed by atoms with E-state index in [9.17, 15) is 13.7 Å². The molecule has 0 atom stereocenters. The van der Waals surface area contributed by atoms with Crippen LogP contribution >= 0.6 is 11.6 Å². The summed E-state index contributed by atoms with van der Waals surface area (Å²) in [6.07, 6.45) is 1.29. The molecule has 25 heavy (non-hydrogen) atoms. The molecule has 0 fully saturated rings. The maximum absolute atomic E-state index is 10.8. The van der Waals surface area contributed by atoms with Crippen molar-refractivity contribution in [1.82, 2.24) is 4.98 Å². The first-order valence-corrected chi connectivity index (χ1v) is 9.93. The van der Waals surface area contributed by atoms with Gasteiger partial charge in [-0.05, 0) is 26.2 Å². The van der Waals surface area contributed by atoms with E-state index in [2.05, 4.69) is 11.1 Å². The molecular weight excluding hydrogens is 366 g/mol. The predicted molar refractivity (Wildman–Crippen MR) is 93.9 cm³/mol. The number of H-pyrrole nitrogens is 1. The van der Waals surface area contributed by atoms with Gasteiger partial charge in [0.2, 0.25) is 0 Å². The number of fused-ring (bicyclic) bond motifs is 1. The van der Waals surface area contributed by atoms with Gasteiger partial charge in [-0.2, -0.15) is 13.7 Å². The maximum Gasteiger partial charge on any atom is 0.264 e. The predicted octanol–water partition coefficient (Wildman–Crippen LogP) is 2.49. The Bertz CT molecular complexity index is 916. The van der Waals surface area contributed by atoms with E-state index in [0.717, 1.165) is 22.4 Å². The van der Waals surface area contributed by atoms with Gasteiger partial charge in [0.05, 0.1) is 16.3 Å². The van der Waals surface area contributed by atoms with Gasteiger partial charge in [0, 0.05) is 25.2 Å². The number of imidazole rings is 1. The van der Waals surface area contributed by atoms with Gasteiger partial charge in [-0.25, -0.2) is 9.55 Å². The van der Waals surface area contributed by atoms with Crippen LogP contribution in [0.2, 0.25) is 5.02 Å². The number of nitrogens with zero attached hydrogens (tertiary/aromatic N) is 2. The van der Waals surface area contributed by atoms with E-state index in [0.29, 0.717) is 43.2 Å². The SMILES string of the molecule is CCOC[n+]1c(C)[nH]c2c(CCCCS(=O)(=O)O)c(C#N)c(Cl)cc21. The van der Waals surface area contributed by atoms with Crippen molar-refractivity contribution in [3.63, 3.8) is 0 Å². The zero-order valence-electron chi connectivity index (χ0n) is 14.2. The summed E-state index contributed by atoms with van der Waals surface area (Å²) in [4.78, 5) is 3.27. The molecule has 0 unspecified atom stereocenters. The average Bonchev–Trinajstić information content (AvgIpc) is 2.83. The molecule has 2 rings (SSSR count). The van der Waals surface area contributed by atoms with Gasteiger partial charge in [0.15, 0.2) is 17.8 Å². The van der Waals surface area contributed by atoms with E-state index in [1.165, 1.54) is 0 Å². The maximum atomic E-state index is 10.8. The summed E-state index contributed by atoms with van der Waals surface area (Å²) in [6.45, 7) is 4.76. The van der Waals surface area contributed by atoms with Gasteiger partial charge in [-0.15, -0.1) is 0 Å². The zero-order valence-corrected chi connectivity index (χ0v) is 15.7. The van der Waals surface area contributed by atoms with Crippen LogP contribution in [0.15, 0.2) is 6.07 Å². The topological polar surface area (TPSA) is 107 Å². The number of aromatic amines is 1. The number of hydrogen-bond donors (Lipinski definition) is 2. The fourth-order valence-corrected chi connectivity index (χ4v) is 3.60. The Kier molecular flexibility index (Phi) is 6.41. The lowest BCUT2D eigenvalue weighted by Gasteiger charge is -2.06. The van der Waals surface area contributed by atoms with Gasteiger partial charge in [-0.1, -0.05) is 11.6 Å². The second kappa shape index (κ2) is 8.15. The standard InChI is InChI=1S/C16H20ClN3O4S/c1-3-24-10-20-11(2)19-16-12(6-4-5-7-25(21,22)23)13(9-18)14(17)8-15(16)20/h8H,3-7,10H2,1-2H3,(H,21,22,23)/p+1. The third-order valence-electron chi connectivity index (χ3n) is 3.98. The highest BCUT2D eigenvalue weighted by atomic mass is 35.5. The first-order chi connectivity index (χ1) is 11.8. The Morgan fingerprint density at radius 3 is 2.76 bits per heavy atom. The number of nitriles is 1. The first kappa shape index (κ1) is 19.7. The molecule has 2 aromatic rings. The Balaban J connectivity index is 2.40. The highest BCUT2D eigenvalue weighted by Gasteiger charge is 2.23. The van der Waals surface area contributed by atoms with Crippen LogP contribution in [0.25, 0.3) is 11.0 Å². The summed E-state index contributed by atoms with van der Waals surface area (Å²) in [5.74, 6) is 0.570. The highest BCUT2D eigenvalue weighted by molar-refractivity contribution is 7.85. The fraction of sp³-hybridized carbons (Fsp3) is 0.500. The number of aryl methyl sites for hydroxylation is 2. The van der Waals surface area contributed by atoms with E-state index in [1.54, 1.807) is 6.07 Å². The van der Waals surface area contributed by atoms with Crippen molar-refractivity contribution in [2.45, 2.75) is 39.8 Å². The van der Waals surface area contributed by atoms with Crippen molar-refractivity contribution in [3.8, 4) is 6.07 Å². The third-order valence-corrected chi connectivity index (χ3v) is 5.08. The Labute approximate surface area is 151 Å². The molecule has 0 bridgehead atoms. The number of nitrogens with one attached hydrogen (secondary N) is 1. The van der Waals surface area contributed by atoms with E-state index in [4.69, 9.17) is 20.9 Å². The first-order valence-electron chi connectivity index (χ1n) is 7.95. The molecule has 0 amide bonds. The summed E-state index contributed by atoms with van der Waals surface area (Å²) >= 11 is 6.28. The van der Waals surface area contributed by atoms with Crippen LogP contribution < -0.4 is 4.57 Å². The van der Waals surface area contributed by atoms with Crippen molar-refractivity contribution in [3.05, 3.63) is 28.0 Å². The molecule has 0 saturated carbocycles. The van der Waals surface area contributed by atoms with Crippen LogP contribution in [0, 0.1) is 18.3 Å². The fourth-order valence-electron chi connectivity index (χ4n) is 2.78. The van der Waals surface area contributed by atoms with Gasteiger partial charge in [-0.3, -0.25) is 4.55 Å². The molecule has 0 aliphatic rings. The van der Waals surface area contributed by atoms with E-state index in [1.807, 2.05) is 18.4 Å². The van der Waals surface area contributed by atoms with Crippen LogP contribution in [-0.4, -0.2) is 30.3 Å². The van der Waals surface area contributed by atoms with Crippen LogP contribution in [0.4, 0.5) is 0 Å². The van der Waals surface area contributed by atoms with Gasteiger partial charge >= 0.3 is 0 Å². The van der Waals surface area contributed by atoms with Crippen molar-refractivity contribution in [1.29, 1.82) is 5.26 Å². The molecule has 136 valence electrons. The van der Waals surface area contributed by atoms with Crippen LogP contribution in [0.1, 0.15) is 36.7 Å². The minimum atomic E-state index is -3.98. The van der Waals surface area contributed by atoms with Gasteiger partial charge in [0.1, 0.15) is 6.07 Å². The number of aromatic nitrogens is 2. The second-order valence-electron chi connectivity index (χ2n) is 5.72. The molecule has 0 spiro atoms. The Morgan fingerprint density at radius 1 is 1.44 bits per heavy atom. The summed E-state index contributed by atoms with van der Waals surface area (Å²) < 4.78 is 37.9. The van der Waals surface area contributed by atoms with Gasteiger partial charge in [0.25, 0.3) is 15.9 Å². The summed E-state index contributed by atoms with van der Waals surface area (Å²) in [7, 11) is -3.98. The lowest BCUT2D eigenvalue weighted by atomic mass is 10.0. The molecule has 2 N–H and O–H groups in total. The minimum absolute atomic E-state index is 0.299. The van der Waals surface area contributed by atoms with Crippen molar-refractivity contribution in [2.75, 3.05) is 12.4 Å². The van der Waals surface area contributed by atoms with E-state index in [-0.39, 0.29) is 5.75 Å². The van der Waals surface area contributed by atoms with Crippen molar-refractivity contribution < 1.29 is 22.3 Å². The highest BCUT2D eigenvalue weighted by Crippen LogP contribution is 2.28. The monoisotopic (exact) mass is 386 g/mol. The molecule has 0 aliphatic carbocycles. The molecule has 1 aromatic carbocycles. The summed E-state index contributed by atoms with van der Waals surface area (Å²) in [6, 6.07) is 3.86. The number of ether oxygens (including phenoxy) is 1. The summed E-state index contributed by atoms with van der Waals surface area (Å²) in [5, 5.41) is 9.80. The largest absolute Gasteiger partial charge is 0.342 e. The third kappa shape index (κ3) is 4.70. The smallest absolute Gasteiger partial charge is 0.264 e. The lowest BCUT2D eigenvalue weighted by molar-refractivity contribution is -0.714. The quantitative estimate of drug-likeness (QED) is 0.411. The molecule has 7 nitrogen and oxygen atoms in total. The molecule has 0 aliphatic heterocycles. The molecular formula is C16H21ClN3O4S+. The number of halogens is 1. The molecule has 9 heteroatoms. The molecule has 0 radical (unpaired) electrons.